The normalized spacial score (nSPS) is 17.8. The van der Waals surface area contributed by atoms with Crippen LogP contribution in [-0.2, 0) is 14.3 Å². The van der Waals surface area contributed by atoms with Crippen molar-refractivity contribution in [2.75, 3.05) is 6.61 Å². The number of carbonyl (C=O) groups excluding carboxylic acids is 2. The van der Waals surface area contributed by atoms with Gasteiger partial charge in [0.15, 0.2) is 5.17 Å². The van der Waals surface area contributed by atoms with E-state index in [1.807, 2.05) is 43.2 Å². The number of fused-ring (bicyclic) bond motifs is 1. The molecule has 0 bridgehead atoms. The van der Waals surface area contributed by atoms with E-state index in [0.717, 1.165) is 16.4 Å². The van der Waals surface area contributed by atoms with Gasteiger partial charge < -0.3 is 15.0 Å². The van der Waals surface area contributed by atoms with Crippen LogP contribution < -0.4 is 5.32 Å². The summed E-state index contributed by atoms with van der Waals surface area (Å²) in [6.07, 6.45) is 1.75. The van der Waals surface area contributed by atoms with E-state index in [1.54, 1.807) is 6.08 Å². The average molecular weight is 454 g/mol. The third-order valence-electron chi connectivity index (χ3n) is 5.26. The van der Waals surface area contributed by atoms with Crippen molar-refractivity contribution in [3.05, 3.63) is 70.4 Å². The lowest BCUT2D eigenvalue weighted by atomic mass is 9.92. The first kappa shape index (κ1) is 23.9. The van der Waals surface area contributed by atoms with E-state index in [9.17, 15) is 9.59 Å². The summed E-state index contributed by atoms with van der Waals surface area (Å²) in [6, 6.07) is 7.90. The van der Waals surface area contributed by atoms with Crippen LogP contribution in [0.1, 0.15) is 64.1 Å². The molecule has 0 aliphatic carbocycles. The summed E-state index contributed by atoms with van der Waals surface area (Å²) in [7, 11) is 0. The third-order valence-corrected chi connectivity index (χ3v) is 6.15. The van der Waals surface area contributed by atoms with E-state index in [2.05, 4.69) is 42.9 Å². The van der Waals surface area contributed by atoms with Gasteiger partial charge >= 0.3 is 5.97 Å². The number of amidine groups is 1. The van der Waals surface area contributed by atoms with Gasteiger partial charge in [-0.05, 0) is 43.2 Å². The highest BCUT2D eigenvalue weighted by Crippen LogP contribution is 2.45. The van der Waals surface area contributed by atoms with Gasteiger partial charge in [0.25, 0.3) is 0 Å². The second kappa shape index (κ2) is 10.2. The van der Waals surface area contributed by atoms with Crippen molar-refractivity contribution in [1.82, 2.24) is 10.2 Å². The van der Waals surface area contributed by atoms with Gasteiger partial charge in [-0.15, -0.1) is 0 Å². The van der Waals surface area contributed by atoms with Crippen molar-refractivity contribution in [3.8, 4) is 0 Å². The molecular weight excluding hydrogens is 422 g/mol. The number of benzene rings is 1. The average Bonchev–Trinajstić information content (AvgIpc) is 3.12. The predicted octanol–water partition coefficient (Wildman–Crippen LogP) is 5.03. The largest absolute Gasteiger partial charge is 0.458 e. The maximum Gasteiger partial charge on any atom is 0.338 e. The first-order chi connectivity index (χ1) is 15.2. The molecule has 0 saturated carbocycles. The highest BCUT2D eigenvalue weighted by Gasteiger charge is 2.41. The minimum Gasteiger partial charge on any atom is -0.458 e. The number of hydrogen-bond acceptors (Lipinski definition) is 6. The Balaban J connectivity index is 2.03. The smallest absolute Gasteiger partial charge is 0.338 e. The Bertz CT molecular complexity index is 990. The highest BCUT2D eigenvalue weighted by molar-refractivity contribution is 8.16. The summed E-state index contributed by atoms with van der Waals surface area (Å²) in [6.45, 7) is 13.7. The second-order valence-electron chi connectivity index (χ2n) is 8.50. The Morgan fingerprint density at radius 3 is 2.53 bits per heavy atom. The lowest BCUT2D eigenvalue weighted by Gasteiger charge is -2.36. The lowest BCUT2D eigenvalue weighted by molar-refractivity contribution is -0.138. The van der Waals surface area contributed by atoms with Crippen molar-refractivity contribution in [1.29, 1.82) is 0 Å². The molecule has 1 N–H and O–H groups in total. The van der Waals surface area contributed by atoms with E-state index in [1.165, 1.54) is 17.3 Å². The van der Waals surface area contributed by atoms with Crippen LogP contribution in [0, 0.1) is 0 Å². The molecule has 0 fully saturated rings. The van der Waals surface area contributed by atoms with E-state index in [4.69, 9.17) is 4.74 Å². The zero-order chi connectivity index (χ0) is 23.4. The number of hydrogen-bond donors (Lipinski definition) is 1. The van der Waals surface area contributed by atoms with Gasteiger partial charge in [0.05, 0.1) is 23.7 Å². The molecule has 0 aromatic heterocycles. The van der Waals surface area contributed by atoms with Gasteiger partial charge in [-0.1, -0.05) is 62.5 Å². The zero-order valence-corrected chi connectivity index (χ0v) is 20.2. The van der Waals surface area contributed by atoms with Crippen molar-refractivity contribution < 1.29 is 14.3 Å². The first-order valence-electron chi connectivity index (χ1n) is 10.8. The summed E-state index contributed by atoms with van der Waals surface area (Å²) >= 11 is 1.47. The Morgan fingerprint density at radius 1 is 1.25 bits per heavy atom. The Morgan fingerprint density at radius 2 is 1.94 bits per heavy atom. The summed E-state index contributed by atoms with van der Waals surface area (Å²) in [5.41, 5.74) is 4.08. The molecular formula is C25H31N3O3S. The number of thioether (sulfide) groups is 1. The third kappa shape index (κ3) is 5.15. The second-order valence-corrected chi connectivity index (χ2v) is 9.34. The summed E-state index contributed by atoms with van der Waals surface area (Å²) in [4.78, 5) is 32.2. The monoisotopic (exact) mass is 453 g/mol. The van der Waals surface area contributed by atoms with Gasteiger partial charge in [0.1, 0.15) is 6.61 Å². The SMILES string of the molecule is C=CCOC(=O)C1=C(C)N=C2SC=C(CC(=O)NC(C)C)N2[C@H]1c1ccc(C(C)C)cc1. The molecule has 1 atom stereocenters. The minimum atomic E-state index is -0.425. The quantitative estimate of drug-likeness (QED) is 0.442. The lowest BCUT2D eigenvalue weighted by Crippen LogP contribution is -2.38. The van der Waals surface area contributed by atoms with E-state index in [0.29, 0.717) is 17.2 Å². The Labute approximate surface area is 194 Å². The van der Waals surface area contributed by atoms with Crippen LogP contribution in [0.4, 0.5) is 0 Å². The summed E-state index contributed by atoms with van der Waals surface area (Å²) < 4.78 is 5.42. The van der Waals surface area contributed by atoms with Crippen molar-refractivity contribution in [3.63, 3.8) is 0 Å². The fraction of sp³-hybridized carbons (Fsp3) is 0.400. The fourth-order valence-electron chi connectivity index (χ4n) is 3.76. The van der Waals surface area contributed by atoms with Crippen molar-refractivity contribution >= 4 is 28.8 Å². The molecule has 2 heterocycles. The van der Waals surface area contributed by atoms with E-state index in [-0.39, 0.29) is 25.0 Å². The summed E-state index contributed by atoms with van der Waals surface area (Å²) in [5, 5.41) is 5.64. The fourth-order valence-corrected chi connectivity index (χ4v) is 4.72. The molecule has 0 unspecified atom stereocenters. The molecule has 6 nitrogen and oxygen atoms in total. The molecule has 2 aliphatic rings. The number of carbonyl (C=O) groups is 2. The van der Waals surface area contributed by atoms with Gasteiger partial charge in [0.2, 0.25) is 5.91 Å². The number of ether oxygens (including phenoxy) is 1. The van der Waals surface area contributed by atoms with Crippen LogP contribution in [0.2, 0.25) is 0 Å². The standard InChI is InChI=1S/C25H31N3O3S/c1-7-12-31-24(30)22-17(6)27-25-28(20(14-32-25)13-21(29)26-16(4)5)23(22)19-10-8-18(9-11-19)15(2)3/h7-11,14-16,23H,1,12-13H2,2-6H3,(H,26,29)/t23-/m0/s1. The van der Waals surface area contributed by atoms with Gasteiger partial charge in [-0.3, -0.25) is 4.79 Å². The number of amides is 1. The number of nitrogens with zero attached hydrogens (tertiary/aromatic N) is 2. The maximum atomic E-state index is 13.1. The minimum absolute atomic E-state index is 0.0533. The number of aliphatic imine (C=N–C) groups is 1. The van der Waals surface area contributed by atoms with Crippen molar-refractivity contribution in [2.24, 2.45) is 4.99 Å². The molecule has 7 heteroatoms. The zero-order valence-electron chi connectivity index (χ0n) is 19.3. The predicted molar refractivity (Wildman–Crippen MR) is 130 cm³/mol. The molecule has 32 heavy (non-hydrogen) atoms. The van der Waals surface area contributed by atoms with Gasteiger partial charge in [-0.25, -0.2) is 9.79 Å². The topological polar surface area (TPSA) is 71.0 Å². The molecule has 0 radical (unpaired) electrons. The highest BCUT2D eigenvalue weighted by atomic mass is 32.2. The van der Waals surface area contributed by atoms with E-state index >= 15 is 0 Å². The molecule has 1 aromatic rings. The number of nitrogens with one attached hydrogen (secondary N) is 1. The van der Waals surface area contributed by atoms with Crippen LogP contribution in [0.3, 0.4) is 0 Å². The number of esters is 1. The molecule has 2 aliphatic heterocycles. The molecule has 3 rings (SSSR count). The van der Waals surface area contributed by atoms with Gasteiger partial charge in [0, 0.05) is 11.7 Å². The van der Waals surface area contributed by atoms with Crippen LogP contribution in [-0.4, -0.2) is 34.6 Å². The van der Waals surface area contributed by atoms with Crippen LogP contribution in [0.15, 0.2) is 64.3 Å². The summed E-state index contributed by atoms with van der Waals surface area (Å²) in [5.74, 6) is -0.0885. The maximum absolute atomic E-state index is 13.1. The van der Waals surface area contributed by atoms with Crippen LogP contribution in [0.25, 0.3) is 0 Å². The molecule has 0 saturated heterocycles. The Hall–Kier alpha value is -2.80. The number of rotatable bonds is 8. The first-order valence-corrected chi connectivity index (χ1v) is 11.7. The van der Waals surface area contributed by atoms with E-state index < -0.39 is 12.0 Å². The number of allylic oxidation sites excluding steroid dienone is 1. The molecule has 170 valence electrons. The van der Waals surface area contributed by atoms with Crippen LogP contribution >= 0.6 is 11.8 Å². The van der Waals surface area contributed by atoms with Crippen LogP contribution in [0.5, 0.6) is 0 Å². The molecule has 1 amide bonds. The molecule has 1 aromatic carbocycles. The van der Waals surface area contributed by atoms with Crippen molar-refractivity contribution in [2.45, 2.75) is 59.0 Å². The molecule has 0 spiro atoms. The Kier molecular flexibility index (Phi) is 7.61. The van der Waals surface area contributed by atoms with Gasteiger partial charge in [-0.2, -0.15) is 0 Å².